The maximum absolute atomic E-state index is 12.3. The summed E-state index contributed by atoms with van der Waals surface area (Å²) in [6.07, 6.45) is 2.43. The van der Waals surface area contributed by atoms with Crippen LogP contribution in [0.25, 0.3) is 0 Å². The van der Waals surface area contributed by atoms with Crippen molar-refractivity contribution in [2.75, 3.05) is 19.5 Å². The summed E-state index contributed by atoms with van der Waals surface area (Å²) in [5, 5.41) is 4.13. The molecule has 1 aromatic heterocycles. The number of nitrogens with zero attached hydrogens (tertiary/aromatic N) is 2. The van der Waals surface area contributed by atoms with E-state index in [1.54, 1.807) is 0 Å². The Kier molecular flexibility index (Phi) is 7.81. The van der Waals surface area contributed by atoms with Crippen LogP contribution in [0.15, 0.2) is 35.3 Å². The lowest BCUT2D eigenvalue weighted by Gasteiger charge is -2.21. The van der Waals surface area contributed by atoms with Crippen molar-refractivity contribution >= 4 is 21.7 Å². The van der Waals surface area contributed by atoms with E-state index < -0.39 is 21.2 Å². The third-order valence-corrected chi connectivity index (χ3v) is 4.68. The van der Waals surface area contributed by atoms with E-state index in [0.29, 0.717) is 6.61 Å². The van der Waals surface area contributed by atoms with Gasteiger partial charge in [0.1, 0.15) is 6.61 Å². The Bertz CT molecular complexity index is 981. The van der Waals surface area contributed by atoms with E-state index >= 15 is 0 Å². The lowest BCUT2D eigenvalue weighted by molar-refractivity contribution is 0.0911. The molecule has 0 saturated carbocycles. The fourth-order valence-corrected chi connectivity index (χ4v) is 2.88. The number of halogens is 1. The van der Waals surface area contributed by atoms with Crippen molar-refractivity contribution < 1.29 is 22.1 Å². The minimum Gasteiger partial charge on any atom is -0.485 e. The molecule has 0 aliphatic carbocycles. The molecule has 0 aliphatic rings. The Morgan fingerprint density at radius 1 is 1.07 bits per heavy atom. The first-order valence-electron chi connectivity index (χ1n) is 8.88. The largest absolute Gasteiger partial charge is 0.485 e. The summed E-state index contributed by atoms with van der Waals surface area (Å²) in [5.74, 6) is 0.232. The van der Waals surface area contributed by atoms with Crippen molar-refractivity contribution in [1.29, 1.82) is 0 Å². The maximum Gasteiger partial charge on any atom is 0.289 e. The second-order valence-corrected chi connectivity index (χ2v) is 9.42. The van der Waals surface area contributed by atoms with Crippen LogP contribution in [-0.2, 0) is 37.8 Å². The molecule has 160 valence electrons. The highest BCUT2D eigenvalue weighted by molar-refractivity contribution is 7.85. The van der Waals surface area contributed by atoms with Gasteiger partial charge >= 0.3 is 0 Å². The Balaban J connectivity index is 1.88. The molecule has 0 amide bonds. The molecule has 0 N–H and O–H groups in total. The lowest BCUT2D eigenvalue weighted by Crippen LogP contribution is -2.36. The van der Waals surface area contributed by atoms with Crippen molar-refractivity contribution in [3.8, 4) is 5.75 Å². The predicted molar refractivity (Wildman–Crippen MR) is 110 cm³/mol. The highest BCUT2D eigenvalue weighted by Crippen LogP contribution is 2.22. The molecule has 8 nitrogen and oxygen atoms in total. The van der Waals surface area contributed by atoms with Gasteiger partial charge in [-0.15, -0.1) is 0 Å². The van der Waals surface area contributed by atoms with Gasteiger partial charge in [-0.25, -0.2) is 4.68 Å². The third kappa shape index (κ3) is 7.43. The normalized spacial score (nSPS) is 12.2. The molecule has 0 fully saturated rings. The van der Waals surface area contributed by atoms with Crippen LogP contribution < -0.4 is 10.3 Å². The molecule has 0 aliphatic heterocycles. The van der Waals surface area contributed by atoms with E-state index in [-0.39, 0.29) is 30.6 Å². The van der Waals surface area contributed by atoms with E-state index in [1.165, 1.54) is 10.9 Å². The molecule has 1 aromatic carbocycles. The first-order chi connectivity index (χ1) is 13.5. The van der Waals surface area contributed by atoms with Gasteiger partial charge in [-0.05, 0) is 31.9 Å². The summed E-state index contributed by atoms with van der Waals surface area (Å²) in [6, 6.07) is 7.47. The topological polar surface area (TPSA) is 96.7 Å². The molecule has 10 heteroatoms. The average molecular weight is 445 g/mol. The van der Waals surface area contributed by atoms with Crippen LogP contribution >= 0.6 is 11.6 Å². The van der Waals surface area contributed by atoms with E-state index in [2.05, 4.69) is 9.28 Å². The molecule has 0 unspecified atom stereocenters. The summed E-state index contributed by atoms with van der Waals surface area (Å²) in [7, 11) is -3.45. The molecule has 0 bridgehead atoms. The molecule has 2 rings (SSSR count). The van der Waals surface area contributed by atoms with Crippen LogP contribution in [0, 0.1) is 0 Å². The Hall–Kier alpha value is -1.94. The van der Waals surface area contributed by atoms with E-state index in [1.807, 2.05) is 45.0 Å². The number of hydrogen-bond donors (Lipinski definition) is 0. The minimum absolute atomic E-state index is 0.00347. The molecule has 0 spiro atoms. The van der Waals surface area contributed by atoms with Gasteiger partial charge in [0.25, 0.3) is 15.7 Å². The highest BCUT2D eigenvalue weighted by Gasteiger charge is 2.20. The van der Waals surface area contributed by atoms with Gasteiger partial charge in [-0.1, -0.05) is 35.9 Å². The van der Waals surface area contributed by atoms with Crippen LogP contribution in [0.3, 0.4) is 0 Å². The molecule has 0 atom stereocenters. The monoisotopic (exact) mass is 444 g/mol. The van der Waals surface area contributed by atoms with E-state index in [9.17, 15) is 13.2 Å². The third-order valence-electron chi connectivity index (χ3n) is 3.73. The van der Waals surface area contributed by atoms with Gasteiger partial charge in [0.05, 0.1) is 37.8 Å². The second-order valence-electron chi connectivity index (χ2n) is 7.39. The number of aromatic nitrogens is 2. The predicted octanol–water partition coefficient (Wildman–Crippen LogP) is 2.72. The number of rotatable bonds is 9. The van der Waals surface area contributed by atoms with Gasteiger partial charge in [0, 0.05) is 0 Å². The van der Waals surface area contributed by atoms with Gasteiger partial charge in [0.2, 0.25) is 0 Å². The van der Waals surface area contributed by atoms with E-state index in [4.69, 9.17) is 21.1 Å². The maximum atomic E-state index is 12.3. The minimum atomic E-state index is -3.45. The SMILES string of the molecule is CC(C)(C)n1ncc(OCc2ccc(COCCOS(C)(=O)=O)cc2)c(Cl)c1=O. The standard InChI is InChI=1S/C19H25ClN2O6S/c1-19(2,3)22-18(23)17(20)16(11-21-22)27-13-15-7-5-14(6-8-15)12-26-9-10-28-29(4,24)25/h5-8,11H,9-10,12-13H2,1-4H3. The molecular formula is C19H25ClN2O6S. The quantitative estimate of drug-likeness (QED) is 0.433. The number of hydrogen-bond acceptors (Lipinski definition) is 7. The van der Waals surface area contributed by atoms with Crippen molar-refractivity contribution in [2.24, 2.45) is 0 Å². The Morgan fingerprint density at radius 3 is 2.21 bits per heavy atom. The van der Waals surface area contributed by atoms with Crippen molar-refractivity contribution in [3.63, 3.8) is 0 Å². The molecular weight excluding hydrogens is 420 g/mol. The second kappa shape index (κ2) is 9.71. The number of benzene rings is 1. The highest BCUT2D eigenvalue weighted by atomic mass is 35.5. The van der Waals surface area contributed by atoms with Gasteiger partial charge in [0.15, 0.2) is 10.8 Å². The fraction of sp³-hybridized carbons (Fsp3) is 0.474. The first-order valence-corrected chi connectivity index (χ1v) is 11.1. The van der Waals surface area contributed by atoms with Crippen LogP contribution in [0.2, 0.25) is 5.02 Å². The summed E-state index contributed by atoms with van der Waals surface area (Å²) in [6.45, 7) is 6.29. The van der Waals surface area contributed by atoms with Crippen LogP contribution in [-0.4, -0.2) is 37.7 Å². The lowest BCUT2D eigenvalue weighted by atomic mass is 10.1. The smallest absolute Gasteiger partial charge is 0.289 e. The van der Waals surface area contributed by atoms with Gasteiger partial charge in [-0.2, -0.15) is 13.5 Å². The zero-order chi connectivity index (χ0) is 21.7. The molecule has 2 aromatic rings. The summed E-state index contributed by atoms with van der Waals surface area (Å²) >= 11 is 6.14. The van der Waals surface area contributed by atoms with E-state index in [0.717, 1.165) is 17.4 Å². The molecule has 29 heavy (non-hydrogen) atoms. The first kappa shape index (κ1) is 23.3. The Morgan fingerprint density at radius 2 is 1.66 bits per heavy atom. The van der Waals surface area contributed by atoms with Gasteiger partial charge in [-0.3, -0.25) is 8.98 Å². The fourth-order valence-electron chi connectivity index (χ4n) is 2.32. The zero-order valence-corrected chi connectivity index (χ0v) is 18.4. The molecule has 0 radical (unpaired) electrons. The average Bonchev–Trinajstić information content (AvgIpc) is 2.61. The van der Waals surface area contributed by atoms with Gasteiger partial charge < -0.3 is 9.47 Å². The molecule has 0 saturated heterocycles. The van der Waals surface area contributed by atoms with Crippen molar-refractivity contribution in [2.45, 2.75) is 39.5 Å². The molecule has 1 heterocycles. The Labute approximate surface area is 175 Å². The van der Waals surface area contributed by atoms with Crippen molar-refractivity contribution in [3.05, 3.63) is 57.0 Å². The van der Waals surface area contributed by atoms with Crippen LogP contribution in [0.1, 0.15) is 31.9 Å². The van der Waals surface area contributed by atoms with Crippen molar-refractivity contribution in [1.82, 2.24) is 9.78 Å². The summed E-state index contributed by atoms with van der Waals surface area (Å²) < 4.78 is 38.6. The zero-order valence-electron chi connectivity index (χ0n) is 16.8. The number of ether oxygens (including phenoxy) is 2. The summed E-state index contributed by atoms with van der Waals surface area (Å²) in [5.41, 5.74) is 0.920. The van der Waals surface area contributed by atoms with Crippen LogP contribution in [0.5, 0.6) is 5.75 Å². The summed E-state index contributed by atoms with van der Waals surface area (Å²) in [4.78, 5) is 12.3. The van der Waals surface area contributed by atoms with Crippen LogP contribution in [0.4, 0.5) is 0 Å².